The molecule has 0 aromatic heterocycles. The zero-order chi connectivity index (χ0) is 14.9. The highest BCUT2D eigenvalue weighted by molar-refractivity contribution is 6.37. The lowest BCUT2D eigenvalue weighted by atomic mass is 9.68. The third-order valence-electron chi connectivity index (χ3n) is 4.16. The second kappa shape index (κ2) is 6.31. The average molecular weight is 317 g/mol. The van der Waals surface area contributed by atoms with E-state index in [0.717, 1.165) is 18.4 Å². The summed E-state index contributed by atoms with van der Waals surface area (Å²) in [4.78, 5) is 24.1. The number of esters is 1. The van der Waals surface area contributed by atoms with Gasteiger partial charge >= 0.3 is 5.97 Å². The van der Waals surface area contributed by atoms with Crippen LogP contribution < -0.4 is 0 Å². The molecule has 4 unspecified atom stereocenters. The molecule has 0 aliphatic heterocycles. The number of hydrogen-bond donors (Lipinski definition) is 0. The minimum Gasteiger partial charge on any atom is -0.468 e. The molecule has 0 heterocycles. The predicted octanol–water partition coefficient (Wildman–Crippen LogP) is 3.45. The summed E-state index contributed by atoms with van der Waals surface area (Å²) >= 11 is 12.5. The van der Waals surface area contributed by atoms with Crippen LogP contribution in [0.3, 0.4) is 0 Å². The number of allylic oxidation sites excluding steroid dienone is 4. The zero-order valence-corrected chi connectivity index (χ0v) is 13.1. The Morgan fingerprint density at radius 3 is 2.75 bits per heavy atom. The number of halogens is 2. The molecule has 0 bridgehead atoms. The summed E-state index contributed by atoms with van der Waals surface area (Å²) in [6.07, 6.45) is 5.80. The van der Waals surface area contributed by atoms with E-state index in [4.69, 9.17) is 27.9 Å². The standard InChI is InChI=1S/C15H18Cl2O3/c1-8-6-10(9-4-3-5-11(16)14(9)17)13(12(18)7-8)15(19)20-2/h5,7,9-10,13-14H,3-4,6H2,1-2H3. The first-order valence-corrected chi connectivity index (χ1v) is 7.55. The first-order chi connectivity index (χ1) is 9.45. The lowest BCUT2D eigenvalue weighted by molar-refractivity contribution is -0.152. The Bertz CT molecular complexity index is 482. The Kier molecular flexibility index (Phi) is 4.92. The maximum atomic E-state index is 12.2. The summed E-state index contributed by atoms with van der Waals surface area (Å²) in [5.41, 5.74) is 0.981. The molecule has 0 amide bonds. The Morgan fingerprint density at radius 1 is 1.40 bits per heavy atom. The summed E-state index contributed by atoms with van der Waals surface area (Å²) in [6.45, 7) is 1.90. The van der Waals surface area contributed by atoms with Crippen LogP contribution >= 0.6 is 23.2 Å². The van der Waals surface area contributed by atoms with E-state index in [-0.39, 0.29) is 23.0 Å². The highest BCUT2D eigenvalue weighted by Crippen LogP contribution is 2.43. The SMILES string of the molecule is COC(=O)C1C(=O)C=C(C)CC1C1CCC=C(Cl)C1Cl. The third-order valence-corrected chi connectivity index (χ3v) is 5.22. The molecule has 110 valence electrons. The normalized spacial score (nSPS) is 34.3. The zero-order valence-electron chi connectivity index (χ0n) is 11.6. The fourth-order valence-corrected chi connectivity index (χ4v) is 3.89. The maximum Gasteiger partial charge on any atom is 0.316 e. The second-order valence-electron chi connectivity index (χ2n) is 5.49. The van der Waals surface area contributed by atoms with Gasteiger partial charge in [-0.2, -0.15) is 0 Å². The van der Waals surface area contributed by atoms with Gasteiger partial charge in [0.05, 0.1) is 12.5 Å². The smallest absolute Gasteiger partial charge is 0.316 e. The molecule has 2 aliphatic carbocycles. The molecule has 0 radical (unpaired) electrons. The quantitative estimate of drug-likeness (QED) is 0.445. The monoisotopic (exact) mass is 316 g/mol. The van der Waals surface area contributed by atoms with Crippen molar-refractivity contribution in [2.24, 2.45) is 17.8 Å². The summed E-state index contributed by atoms with van der Waals surface area (Å²) in [6, 6.07) is 0. The molecular weight excluding hydrogens is 299 g/mol. The lowest BCUT2D eigenvalue weighted by Crippen LogP contribution is -2.41. The number of alkyl halides is 1. The Morgan fingerprint density at radius 2 is 2.10 bits per heavy atom. The van der Waals surface area contributed by atoms with Crippen molar-refractivity contribution in [2.45, 2.75) is 31.6 Å². The molecule has 0 N–H and O–H groups in total. The fourth-order valence-electron chi connectivity index (χ4n) is 3.22. The Labute approximate surface area is 129 Å². The van der Waals surface area contributed by atoms with Crippen molar-refractivity contribution >= 4 is 35.0 Å². The van der Waals surface area contributed by atoms with Gasteiger partial charge < -0.3 is 4.74 Å². The lowest BCUT2D eigenvalue weighted by Gasteiger charge is -2.37. The molecule has 0 fully saturated rings. The van der Waals surface area contributed by atoms with Crippen LogP contribution in [0.1, 0.15) is 26.2 Å². The Hall–Kier alpha value is -0.800. The van der Waals surface area contributed by atoms with E-state index in [1.807, 2.05) is 13.0 Å². The molecule has 0 spiro atoms. The van der Waals surface area contributed by atoms with Crippen LogP contribution in [0.5, 0.6) is 0 Å². The number of hydrogen-bond acceptors (Lipinski definition) is 3. The van der Waals surface area contributed by atoms with Gasteiger partial charge in [0, 0.05) is 5.03 Å². The minimum absolute atomic E-state index is 0.0193. The second-order valence-corrected chi connectivity index (χ2v) is 6.40. The number of carbonyl (C=O) groups is 2. The molecule has 5 heteroatoms. The summed E-state index contributed by atoms with van der Waals surface area (Å²) in [5, 5.41) is 0.285. The molecule has 20 heavy (non-hydrogen) atoms. The van der Waals surface area contributed by atoms with Gasteiger partial charge in [-0.3, -0.25) is 9.59 Å². The van der Waals surface area contributed by atoms with Gasteiger partial charge in [0.1, 0.15) is 5.92 Å². The van der Waals surface area contributed by atoms with Crippen molar-refractivity contribution < 1.29 is 14.3 Å². The number of methoxy groups -OCH3 is 1. The van der Waals surface area contributed by atoms with Crippen LogP contribution in [-0.2, 0) is 14.3 Å². The van der Waals surface area contributed by atoms with E-state index in [1.165, 1.54) is 7.11 Å². The van der Waals surface area contributed by atoms with Gasteiger partial charge in [0.2, 0.25) is 0 Å². The van der Waals surface area contributed by atoms with Crippen LogP contribution in [-0.4, -0.2) is 24.2 Å². The molecule has 0 aromatic carbocycles. The van der Waals surface area contributed by atoms with Crippen LogP contribution in [0.25, 0.3) is 0 Å². The van der Waals surface area contributed by atoms with Gasteiger partial charge in [0.25, 0.3) is 0 Å². The average Bonchev–Trinajstić information content (AvgIpc) is 2.40. The van der Waals surface area contributed by atoms with E-state index in [9.17, 15) is 9.59 Å². The molecule has 0 aromatic rings. The minimum atomic E-state index is -0.752. The molecule has 2 aliphatic rings. The number of rotatable bonds is 2. The first-order valence-electron chi connectivity index (χ1n) is 6.74. The van der Waals surface area contributed by atoms with Crippen LogP contribution in [0.4, 0.5) is 0 Å². The van der Waals surface area contributed by atoms with Crippen molar-refractivity contribution in [2.75, 3.05) is 7.11 Å². The van der Waals surface area contributed by atoms with Crippen molar-refractivity contribution in [3.8, 4) is 0 Å². The molecule has 0 saturated carbocycles. The van der Waals surface area contributed by atoms with Crippen molar-refractivity contribution in [3.63, 3.8) is 0 Å². The fraction of sp³-hybridized carbons (Fsp3) is 0.600. The largest absolute Gasteiger partial charge is 0.468 e. The molecular formula is C15H18Cl2O3. The predicted molar refractivity (Wildman–Crippen MR) is 78.7 cm³/mol. The number of ketones is 1. The number of carbonyl (C=O) groups excluding carboxylic acids is 2. The van der Waals surface area contributed by atoms with E-state index in [0.29, 0.717) is 11.5 Å². The van der Waals surface area contributed by atoms with Crippen molar-refractivity contribution in [1.82, 2.24) is 0 Å². The topological polar surface area (TPSA) is 43.4 Å². The van der Waals surface area contributed by atoms with Gasteiger partial charge in [0.15, 0.2) is 5.78 Å². The van der Waals surface area contributed by atoms with E-state index in [1.54, 1.807) is 6.08 Å². The maximum absolute atomic E-state index is 12.2. The van der Waals surface area contributed by atoms with Crippen molar-refractivity contribution in [1.29, 1.82) is 0 Å². The van der Waals surface area contributed by atoms with Gasteiger partial charge in [-0.25, -0.2) is 0 Å². The third kappa shape index (κ3) is 2.94. The Balaban J connectivity index is 2.32. The molecule has 0 saturated heterocycles. The highest BCUT2D eigenvalue weighted by Gasteiger charge is 2.44. The highest BCUT2D eigenvalue weighted by atomic mass is 35.5. The molecule has 3 nitrogen and oxygen atoms in total. The summed E-state index contributed by atoms with van der Waals surface area (Å²) < 4.78 is 4.80. The van der Waals surface area contributed by atoms with Crippen LogP contribution in [0, 0.1) is 17.8 Å². The van der Waals surface area contributed by atoms with Gasteiger partial charge in [-0.1, -0.05) is 23.3 Å². The van der Waals surface area contributed by atoms with Crippen LogP contribution in [0.15, 0.2) is 22.8 Å². The van der Waals surface area contributed by atoms with Gasteiger partial charge in [-0.15, -0.1) is 11.6 Å². The van der Waals surface area contributed by atoms with Crippen molar-refractivity contribution in [3.05, 3.63) is 22.8 Å². The van der Waals surface area contributed by atoms with E-state index >= 15 is 0 Å². The summed E-state index contributed by atoms with van der Waals surface area (Å²) in [7, 11) is 1.31. The first kappa shape index (κ1) is 15.6. The van der Waals surface area contributed by atoms with E-state index < -0.39 is 11.9 Å². The van der Waals surface area contributed by atoms with Crippen LogP contribution in [0.2, 0.25) is 0 Å². The molecule has 4 atom stereocenters. The summed E-state index contributed by atoms with van der Waals surface area (Å²) in [5.74, 6) is -1.52. The van der Waals surface area contributed by atoms with E-state index in [2.05, 4.69) is 0 Å². The van der Waals surface area contributed by atoms with Gasteiger partial charge in [-0.05, 0) is 44.1 Å². The molecule has 2 rings (SSSR count). The number of ether oxygens (including phenoxy) is 1.